The van der Waals surface area contributed by atoms with E-state index in [0.29, 0.717) is 56.3 Å². The highest BCUT2D eigenvalue weighted by atomic mass is 16.2. The summed E-state index contributed by atoms with van der Waals surface area (Å²) in [6, 6.07) is 37.8. The summed E-state index contributed by atoms with van der Waals surface area (Å²) in [5.41, 5.74) is 9.68. The molecule has 0 atom stereocenters. The minimum absolute atomic E-state index is 0.0313. The lowest BCUT2D eigenvalue weighted by Gasteiger charge is -2.34. The summed E-state index contributed by atoms with van der Waals surface area (Å²) in [7, 11) is 2.97. The molecule has 0 unspecified atom stereocenters. The third-order valence-corrected chi connectivity index (χ3v) is 16.9. The van der Waals surface area contributed by atoms with Crippen molar-refractivity contribution < 1.29 is 38.4 Å². The number of imide groups is 4. The molecule has 6 aromatic rings. The number of carbonyl (C=O) groups is 8. The number of fused-ring (bicyclic) bond motifs is 7. The molecule has 0 aromatic heterocycles. The molecular weight excluding hydrogens is 917 g/mol. The van der Waals surface area contributed by atoms with Crippen LogP contribution in [0.2, 0.25) is 0 Å². The molecule has 0 saturated heterocycles. The fraction of sp³-hybridized carbons (Fsp3) is 0.279. The molecule has 12 nitrogen and oxygen atoms in total. The van der Waals surface area contributed by atoms with Gasteiger partial charge in [-0.3, -0.25) is 58.0 Å². The molecule has 13 rings (SSSR count). The summed E-state index contributed by atoms with van der Waals surface area (Å²) in [5.74, 6) is -0.928. The molecule has 4 heterocycles. The highest BCUT2D eigenvalue weighted by Crippen LogP contribution is 2.57. The van der Waals surface area contributed by atoms with Crippen molar-refractivity contribution in [2.75, 3.05) is 14.1 Å². The van der Waals surface area contributed by atoms with Gasteiger partial charge in [-0.15, -0.1) is 0 Å². The normalized spacial score (nSPS) is 22.3. The zero-order chi connectivity index (χ0) is 50.8. The molecule has 0 bridgehead atoms. The Morgan fingerprint density at radius 1 is 0.342 bits per heavy atom. The molecule has 6 aromatic carbocycles. The van der Waals surface area contributed by atoms with Gasteiger partial charge in [-0.1, -0.05) is 86.6 Å². The van der Waals surface area contributed by atoms with Crippen molar-refractivity contribution in [1.29, 1.82) is 0 Å². The van der Waals surface area contributed by atoms with Crippen LogP contribution in [0.15, 0.2) is 121 Å². The number of rotatable bonds is 5. The van der Waals surface area contributed by atoms with Crippen molar-refractivity contribution in [2.45, 2.75) is 82.7 Å². The van der Waals surface area contributed by atoms with E-state index in [-0.39, 0.29) is 59.3 Å². The number of hydrogen-bond donors (Lipinski definition) is 0. The van der Waals surface area contributed by atoms with Crippen molar-refractivity contribution in [3.05, 3.63) is 188 Å². The Bertz CT molecular complexity index is 3440. The number of nitrogens with zero attached hydrogens (tertiary/aromatic N) is 4. The highest BCUT2D eigenvalue weighted by molar-refractivity contribution is 6.24. The van der Waals surface area contributed by atoms with E-state index in [4.69, 9.17) is 0 Å². The Labute approximate surface area is 422 Å². The van der Waals surface area contributed by atoms with Crippen LogP contribution in [0.5, 0.6) is 0 Å². The van der Waals surface area contributed by atoms with Crippen LogP contribution in [-0.2, 0) is 5.41 Å². The molecule has 3 aliphatic carbocycles. The molecule has 73 heavy (non-hydrogen) atoms. The van der Waals surface area contributed by atoms with E-state index in [1.807, 2.05) is 48.5 Å². The molecule has 364 valence electrons. The zero-order valence-electron chi connectivity index (χ0n) is 41.1. The van der Waals surface area contributed by atoms with Gasteiger partial charge in [0.2, 0.25) is 0 Å². The van der Waals surface area contributed by atoms with Crippen LogP contribution in [0.3, 0.4) is 0 Å². The largest absolute Gasteiger partial charge is 0.277 e. The van der Waals surface area contributed by atoms with Crippen LogP contribution in [0, 0.1) is 11.8 Å². The maximum Gasteiger partial charge on any atom is 0.261 e. The minimum Gasteiger partial charge on any atom is -0.277 e. The van der Waals surface area contributed by atoms with E-state index in [1.165, 1.54) is 23.9 Å². The molecule has 0 radical (unpaired) electrons. The van der Waals surface area contributed by atoms with Crippen LogP contribution in [0.25, 0.3) is 22.3 Å². The molecular formula is C61H52N4O8. The lowest BCUT2D eigenvalue weighted by Crippen LogP contribution is -2.41. The van der Waals surface area contributed by atoms with Crippen molar-refractivity contribution in [3.8, 4) is 22.3 Å². The van der Waals surface area contributed by atoms with Gasteiger partial charge < -0.3 is 0 Å². The summed E-state index contributed by atoms with van der Waals surface area (Å²) in [5, 5.41) is 0. The summed E-state index contributed by atoms with van der Waals surface area (Å²) in [6.07, 6.45) is 7.45. The molecule has 2 fully saturated rings. The van der Waals surface area contributed by atoms with E-state index >= 15 is 0 Å². The standard InChI is InChI=1S/C37H30N2O4.C24H22N2O4/c1-21-11-15-24(16-12-21)39-35(42)28-18-14-23(20-30(28)36(39)43)37(22-13-17-27-29(19-22)34(41)38(2)33(27)40)31-9-5-3-7-25(31)26-8-4-6-10-32(26)37;1-13-3-7-16(8-4-13)26-23(29)18-10-6-15(12-20(18)24(26)30)14-5-9-17-19(11-14)22(28)25(2)21(17)27/h3-10,13-14,17-21,24H,11-12,15-16H2,1-2H3;5-6,9-13,16H,3-4,7-8H2,1-2H3. The predicted octanol–water partition coefficient (Wildman–Crippen LogP) is 10.2. The second kappa shape index (κ2) is 17.0. The van der Waals surface area contributed by atoms with Crippen molar-refractivity contribution in [3.63, 3.8) is 0 Å². The maximum atomic E-state index is 14.0. The Morgan fingerprint density at radius 3 is 1.08 bits per heavy atom. The molecule has 8 amide bonds. The fourth-order valence-corrected chi connectivity index (χ4v) is 12.8. The Hall–Kier alpha value is -8.12. The second-order valence-corrected chi connectivity index (χ2v) is 21.0. The molecule has 0 spiro atoms. The minimum atomic E-state index is -0.876. The number of amides is 8. The van der Waals surface area contributed by atoms with Gasteiger partial charge in [0.25, 0.3) is 47.3 Å². The third kappa shape index (κ3) is 6.78. The predicted molar refractivity (Wildman–Crippen MR) is 272 cm³/mol. The maximum absolute atomic E-state index is 14.0. The SMILES string of the molecule is CC1CCC(N2C(=O)c3ccc(-c4ccc5c(c4)C(=O)N(C)C5=O)cc3C2=O)CC1.CC1CCC(N2C(=O)c3ccc(C4(c5ccc6c(c5)C(=O)N(C)C6=O)c5ccccc5-c5ccccc54)cc3C2=O)CC1. The molecule has 2 saturated carbocycles. The topological polar surface area (TPSA) is 150 Å². The highest BCUT2D eigenvalue weighted by Gasteiger charge is 2.49. The van der Waals surface area contributed by atoms with E-state index in [1.54, 1.807) is 48.5 Å². The first-order chi connectivity index (χ1) is 35.2. The average molecular weight is 969 g/mol. The number of benzene rings is 6. The van der Waals surface area contributed by atoms with Gasteiger partial charge in [0.1, 0.15) is 0 Å². The van der Waals surface area contributed by atoms with Gasteiger partial charge in [-0.05, 0) is 156 Å². The summed E-state index contributed by atoms with van der Waals surface area (Å²) in [4.78, 5) is 109. The van der Waals surface area contributed by atoms with Crippen LogP contribution < -0.4 is 0 Å². The quantitative estimate of drug-likeness (QED) is 0.155. The number of carbonyl (C=O) groups excluding carboxylic acids is 8. The average Bonchev–Trinajstić information content (AvgIpc) is 4.09. The van der Waals surface area contributed by atoms with Gasteiger partial charge in [-0.2, -0.15) is 0 Å². The summed E-state index contributed by atoms with van der Waals surface area (Å²) < 4.78 is 0. The first-order valence-electron chi connectivity index (χ1n) is 25.4. The second-order valence-electron chi connectivity index (χ2n) is 21.0. The Morgan fingerprint density at radius 2 is 0.658 bits per heavy atom. The van der Waals surface area contributed by atoms with Gasteiger partial charge in [0.15, 0.2) is 0 Å². The van der Waals surface area contributed by atoms with Crippen LogP contribution in [0.1, 0.15) is 170 Å². The van der Waals surface area contributed by atoms with Gasteiger partial charge >= 0.3 is 0 Å². The van der Waals surface area contributed by atoms with Gasteiger partial charge in [0, 0.05) is 26.2 Å². The molecule has 7 aliphatic rings. The monoisotopic (exact) mass is 968 g/mol. The summed E-state index contributed by atoms with van der Waals surface area (Å²) in [6.45, 7) is 4.43. The fourth-order valence-electron chi connectivity index (χ4n) is 12.8. The third-order valence-electron chi connectivity index (χ3n) is 16.9. The van der Waals surface area contributed by atoms with Crippen LogP contribution in [0.4, 0.5) is 0 Å². The van der Waals surface area contributed by atoms with Gasteiger partial charge in [-0.25, -0.2) is 0 Å². The Balaban J connectivity index is 0.000000159. The first kappa shape index (κ1) is 46.0. The summed E-state index contributed by atoms with van der Waals surface area (Å²) >= 11 is 0. The van der Waals surface area contributed by atoms with Gasteiger partial charge in [0.05, 0.1) is 49.9 Å². The van der Waals surface area contributed by atoms with Crippen molar-refractivity contribution in [1.82, 2.24) is 19.6 Å². The van der Waals surface area contributed by atoms with Crippen molar-refractivity contribution in [2.24, 2.45) is 11.8 Å². The smallest absolute Gasteiger partial charge is 0.261 e. The zero-order valence-corrected chi connectivity index (χ0v) is 41.1. The lowest BCUT2D eigenvalue weighted by atomic mass is 9.67. The van der Waals surface area contributed by atoms with Crippen molar-refractivity contribution >= 4 is 47.3 Å². The van der Waals surface area contributed by atoms with E-state index in [2.05, 4.69) is 38.1 Å². The van der Waals surface area contributed by atoms with Crippen LogP contribution >= 0.6 is 0 Å². The molecule has 4 aliphatic heterocycles. The molecule has 12 heteroatoms. The van der Waals surface area contributed by atoms with E-state index < -0.39 is 5.41 Å². The Kier molecular flexibility index (Phi) is 10.7. The van der Waals surface area contributed by atoms with E-state index in [9.17, 15) is 38.4 Å². The number of hydrogen-bond acceptors (Lipinski definition) is 8. The first-order valence-corrected chi connectivity index (χ1v) is 25.4. The van der Waals surface area contributed by atoms with E-state index in [0.717, 1.165) is 106 Å². The lowest BCUT2D eigenvalue weighted by molar-refractivity contribution is 0.0518. The van der Waals surface area contributed by atoms with Crippen LogP contribution in [-0.4, -0.2) is 93.0 Å². The molecule has 0 N–H and O–H groups in total.